The minimum absolute atomic E-state index is 0.0326. The number of amides is 1. The number of aryl methyl sites for hydroxylation is 1. The molecule has 0 saturated heterocycles. The molecule has 3 rings (SSSR count). The normalized spacial score (nSPS) is 15.6. The van der Waals surface area contributed by atoms with E-state index in [2.05, 4.69) is 15.4 Å². The van der Waals surface area contributed by atoms with Crippen molar-refractivity contribution in [3.63, 3.8) is 0 Å². The summed E-state index contributed by atoms with van der Waals surface area (Å²) in [6.07, 6.45) is 0.711. The van der Waals surface area contributed by atoms with Crippen molar-refractivity contribution in [3.05, 3.63) is 42.0 Å². The van der Waals surface area contributed by atoms with Gasteiger partial charge < -0.3 is 14.8 Å². The van der Waals surface area contributed by atoms with E-state index < -0.39 is 17.4 Å². The van der Waals surface area contributed by atoms with E-state index in [1.807, 2.05) is 0 Å². The molecule has 7 nitrogen and oxygen atoms in total. The fourth-order valence-corrected chi connectivity index (χ4v) is 2.73. The summed E-state index contributed by atoms with van der Waals surface area (Å²) in [7, 11) is 1.68. The smallest absolute Gasteiger partial charge is 0.407 e. The van der Waals surface area contributed by atoms with Crippen LogP contribution in [0, 0.1) is 0 Å². The second-order valence-corrected chi connectivity index (χ2v) is 8.28. The first-order chi connectivity index (χ1) is 14.1. The van der Waals surface area contributed by atoms with Crippen molar-refractivity contribution >= 4 is 6.09 Å². The Hall–Kier alpha value is -2.97. The molecule has 0 unspecified atom stereocenters. The van der Waals surface area contributed by atoms with E-state index in [9.17, 15) is 13.6 Å². The predicted octanol–water partition coefficient (Wildman–Crippen LogP) is 4.20. The Balaban J connectivity index is 1.53. The lowest BCUT2D eigenvalue weighted by Gasteiger charge is -2.20. The summed E-state index contributed by atoms with van der Waals surface area (Å²) in [5.74, 6) is 1.29. The van der Waals surface area contributed by atoms with Crippen LogP contribution in [-0.2, 0) is 17.5 Å². The first-order valence-corrected chi connectivity index (χ1v) is 9.68. The average Bonchev–Trinajstić information content (AvgIpc) is 3.29. The van der Waals surface area contributed by atoms with Gasteiger partial charge in [-0.05, 0) is 57.9 Å². The zero-order valence-corrected chi connectivity index (χ0v) is 17.5. The van der Waals surface area contributed by atoms with Gasteiger partial charge in [0.25, 0.3) is 0 Å². The first kappa shape index (κ1) is 21.7. The lowest BCUT2D eigenvalue weighted by Crippen LogP contribution is -2.34. The molecular formula is C21H26F2N4O3. The number of nitrogens with one attached hydrogen (secondary N) is 1. The van der Waals surface area contributed by atoms with Gasteiger partial charge in [0.15, 0.2) is 17.3 Å². The molecule has 0 bridgehead atoms. The Morgan fingerprint density at radius 3 is 2.53 bits per heavy atom. The number of carbonyl (C=O) groups is 1. The average molecular weight is 420 g/mol. The van der Waals surface area contributed by atoms with Crippen molar-refractivity contribution in [2.75, 3.05) is 13.2 Å². The highest BCUT2D eigenvalue weighted by molar-refractivity contribution is 5.68. The van der Waals surface area contributed by atoms with Gasteiger partial charge in [-0.2, -0.15) is 5.10 Å². The number of rotatable bonds is 7. The van der Waals surface area contributed by atoms with Crippen molar-refractivity contribution in [1.82, 2.24) is 20.1 Å². The van der Waals surface area contributed by atoms with Crippen LogP contribution >= 0.6 is 0 Å². The monoisotopic (exact) mass is 420 g/mol. The van der Waals surface area contributed by atoms with Crippen LogP contribution in [0.5, 0.6) is 5.75 Å². The number of hydrogen-bond acceptors (Lipinski definition) is 5. The number of ether oxygens (including phenoxy) is 2. The lowest BCUT2D eigenvalue weighted by atomic mass is 10.2. The number of alkyl carbamates (subject to hydrolysis) is 1. The molecule has 0 spiro atoms. The Bertz CT molecular complexity index is 929. The topological polar surface area (TPSA) is 78.3 Å². The van der Waals surface area contributed by atoms with Crippen molar-refractivity contribution in [3.8, 4) is 17.1 Å². The maximum absolute atomic E-state index is 14.3. The van der Waals surface area contributed by atoms with Crippen molar-refractivity contribution in [2.45, 2.75) is 44.9 Å². The molecule has 1 saturated carbocycles. The van der Waals surface area contributed by atoms with Crippen LogP contribution in [-0.4, -0.2) is 39.6 Å². The van der Waals surface area contributed by atoms with E-state index in [-0.39, 0.29) is 18.7 Å². The number of aromatic nitrogens is 3. The van der Waals surface area contributed by atoms with Gasteiger partial charge in [-0.1, -0.05) is 0 Å². The maximum Gasteiger partial charge on any atom is 0.407 e. The summed E-state index contributed by atoms with van der Waals surface area (Å²) in [5, 5.41) is 6.77. The number of benzene rings is 1. The summed E-state index contributed by atoms with van der Waals surface area (Å²) in [5.41, 5.74) is -1.01. The highest BCUT2D eigenvalue weighted by Gasteiger charge is 2.49. The molecule has 1 aliphatic carbocycles. The van der Waals surface area contributed by atoms with Crippen LogP contribution in [0.25, 0.3) is 11.4 Å². The SMILES string of the molecule is Cn1nc(-c2ccc(OC/C(=C/F)CNC(=O)OC(C)(C)C)cc2)nc1C1(F)CC1. The van der Waals surface area contributed by atoms with E-state index in [1.165, 1.54) is 4.68 Å². The molecule has 30 heavy (non-hydrogen) atoms. The highest BCUT2D eigenvalue weighted by atomic mass is 19.1. The van der Waals surface area contributed by atoms with E-state index in [0.29, 0.717) is 36.6 Å². The molecule has 0 atom stereocenters. The quantitative estimate of drug-likeness (QED) is 0.726. The molecule has 1 fully saturated rings. The van der Waals surface area contributed by atoms with Crippen molar-refractivity contribution in [2.24, 2.45) is 7.05 Å². The van der Waals surface area contributed by atoms with Gasteiger partial charge >= 0.3 is 6.09 Å². The molecule has 1 amide bonds. The molecule has 1 heterocycles. The molecule has 2 aromatic rings. The number of halogens is 2. The molecule has 1 N–H and O–H groups in total. The highest BCUT2D eigenvalue weighted by Crippen LogP contribution is 2.48. The van der Waals surface area contributed by atoms with Crippen LogP contribution in [0.15, 0.2) is 36.2 Å². The van der Waals surface area contributed by atoms with Crippen molar-refractivity contribution < 1.29 is 23.0 Å². The third-order valence-corrected chi connectivity index (χ3v) is 4.40. The largest absolute Gasteiger partial charge is 0.489 e. The number of nitrogens with zero attached hydrogens (tertiary/aromatic N) is 3. The fraction of sp³-hybridized carbons (Fsp3) is 0.476. The fourth-order valence-electron chi connectivity index (χ4n) is 2.73. The van der Waals surface area contributed by atoms with Gasteiger partial charge in [-0.25, -0.2) is 23.2 Å². The third-order valence-electron chi connectivity index (χ3n) is 4.40. The second kappa shape index (κ2) is 8.41. The summed E-state index contributed by atoms with van der Waals surface area (Å²) in [6, 6.07) is 6.91. The minimum atomic E-state index is -1.36. The Kier molecular flexibility index (Phi) is 6.09. The molecular weight excluding hydrogens is 394 g/mol. The van der Waals surface area contributed by atoms with Gasteiger partial charge in [0, 0.05) is 24.7 Å². The van der Waals surface area contributed by atoms with Crippen LogP contribution in [0.3, 0.4) is 0 Å². The Morgan fingerprint density at radius 1 is 1.30 bits per heavy atom. The summed E-state index contributed by atoms with van der Waals surface area (Å²) in [6.45, 7) is 5.16. The van der Waals surface area contributed by atoms with Crippen LogP contribution in [0.2, 0.25) is 0 Å². The molecule has 1 aliphatic rings. The van der Waals surface area contributed by atoms with Crippen molar-refractivity contribution in [1.29, 1.82) is 0 Å². The van der Waals surface area contributed by atoms with E-state index >= 15 is 0 Å². The van der Waals surface area contributed by atoms with E-state index in [0.717, 1.165) is 5.56 Å². The second-order valence-electron chi connectivity index (χ2n) is 8.28. The zero-order valence-electron chi connectivity index (χ0n) is 17.5. The van der Waals surface area contributed by atoms with Gasteiger partial charge in [-0.15, -0.1) is 0 Å². The van der Waals surface area contributed by atoms with Gasteiger partial charge in [0.2, 0.25) is 0 Å². The lowest BCUT2D eigenvalue weighted by molar-refractivity contribution is 0.0531. The Labute approximate surface area is 174 Å². The molecule has 1 aromatic heterocycles. The maximum atomic E-state index is 14.3. The van der Waals surface area contributed by atoms with Gasteiger partial charge in [0.05, 0.1) is 6.33 Å². The summed E-state index contributed by atoms with van der Waals surface area (Å²) >= 11 is 0. The van der Waals surface area contributed by atoms with Gasteiger partial charge in [-0.3, -0.25) is 0 Å². The van der Waals surface area contributed by atoms with E-state index in [1.54, 1.807) is 52.1 Å². The molecule has 162 valence electrons. The van der Waals surface area contributed by atoms with Gasteiger partial charge in [0.1, 0.15) is 18.0 Å². The first-order valence-electron chi connectivity index (χ1n) is 9.68. The Morgan fingerprint density at radius 2 is 1.97 bits per heavy atom. The molecule has 0 radical (unpaired) electrons. The molecule has 0 aliphatic heterocycles. The molecule has 9 heteroatoms. The van der Waals surface area contributed by atoms with Crippen LogP contribution in [0.4, 0.5) is 13.6 Å². The number of alkyl halides is 1. The van der Waals surface area contributed by atoms with Crippen LogP contribution < -0.4 is 10.1 Å². The number of hydrogen-bond donors (Lipinski definition) is 1. The minimum Gasteiger partial charge on any atom is -0.489 e. The van der Waals surface area contributed by atoms with E-state index in [4.69, 9.17) is 9.47 Å². The standard InChI is InChI=1S/C21H26F2N4O3/c1-20(2,3)30-19(28)24-12-14(11-22)13-29-16-7-5-15(6-8-16)17-25-18(27(4)26-17)21(23)9-10-21/h5-8,11H,9-10,12-13H2,1-4H3,(H,24,28)/b14-11+. The third kappa shape index (κ3) is 5.55. The zero-order chi connectivity index (χ0) is 21.9. The van der Waals surface area contributed by atoms with Crippen LogP contribution in [0.1, 0.15) is 39.4 Å². The predicted molar refractivity (Wildman–Crippen MR) is 107 cm³/mol. The summed E-state index contributed by atoms with van der Waals surface area (Å²) in [4.78, 5) is 16.0. The number of carbonyl (C=O) groups excluding carboxylic acids is 1. The summed E-state index contributed by atoms with van der Waals surface area (Å²) < 4.78 is 39.5. The molecule has 1 aromatic carbocycles.